The number of amidine groups is 1. The largest absolute Gasteiger partial charge is 0.402 e. The minimum absolute atomic E-state index is 0.198. The van der Waals surface area contributed by atoms with Crippen LogP contribution in [0.25, 0.3) is 5.57 Å². The van der Waals surface area contributed by atoms with E-state index in [1.807, 2.05) is 7.05 Å². The van der Waals surface area contributed by atoms with E-state index in [9.17, 15) is 0 Å². The second-order valence-electron chi connectivity index (χ2n) is 7.61. The van der Waals surface area contributed by atoms with E-state index >= 15 is 0 Å². The van der Waals surface area contributed by atoms with Crippen LogP contribution in [-0.2, 0) is 6.42 Å². The molecule has 0 unspecified atom stereocenters. The Morgan fingerprint density at radius 1 is 1.29 bits per heavy atom. The zero-order valence-corrected chi connectivity index (χ0v) is 18.0. The van der Waals surface area contributed by atoms with Crippen molar-refractivity contribution in [3.05, 3.63) is 35.1 Å². The molecule has 8 heteroatoms. The first-order chi connectivity index (χ1) is 13.2. The number of nitrogens with one attached hydrogen (secondary N) is 1. The quantitative estimate of drug-likeness (QED) is 0.356. The molecule has 0 atom stereocenters. The van der Waals surface area contributed by atoms with Gasteiger partial charge in [0.2, 0.25) is 0 Å². The van der Waals surface area contributed by atoms with Gasteiger partial charge < -0.3 is 16.8 Å². The molecule has 1 aromatic rings. The average molecular weight is 387 g/mol. The third-order valence-electron chi connectivity index (χ3n) is 4.12. The van der Waals surface area contributed by atoms with E-state index in [0.717, 1.165) is 23.5 Å². The Balaban J connectivity index is 3.17. The summed E-state index contributed by atoms with van der Waals surface area (Å²) in [6, 6.07) is 0. The summed E-state index contributed by atoms with van der Waals surface area (Å²) in [5.41, 5.74) is 15.3. The van der Waals surface area contributed by atoms with Crippen LogP contribution >= 0.6 is 0 Å². The van der Waals surface area contributed by atoms with Crippen LogP contribution < -0.4 is 16.8 Å². The lowest BCUT2D eigenvalue weighted by Gasteiger charge is -2.25. The van der Waals surface area contributed by atoms with Crippen molar-refractivity contribution in [2.75, 3.05) is 20.6 Å². The average Bonchev–Trinajstić information content (AvgIpc) is 2.63. The van der Waals surface area contributed by atoms with Gasteiger partial charge in [-0.1, -0.05) is 32.4 Å². The Kier molecular flexibility index (Phi) is 9.44. The van der Waals surface area contributed by atoms with E-state index in [1.165, 1.54) is 11.9 Å². The van der Waals surface area contributed by atoms with Crippen LogP contribution in [0, 0.1) is 5.41 Å². The number of aromatic nitrogens is 3. The Morgan fingerprint density at radius 3 is 2.57 bits per heavy atom. The zero-order chi connectivity index (χ0) is 21.2. The Hall–Kier alpha value is -2.61. The van der Waals surface area contributed by atoms with E-state index in [2.05, 4.69) is 59.3 Å². The molecular formula is C20H34N8. The van der Waals surface area contributed by atoms with Crippen LogP contribution in [-0.4, -0.2) is 48.0 Å². The molecule has 1 aromatic heterocycles. The normalized spacial score (nSPS) is 14.5. The molecule has 0 radical (unpaired) electrons. The van der Waals surface area contributed by atoms with Gasteiger partial charge in [0.05, 0.1) is 18.2 Å². The van der Waals surface area contributed by atoms with Gasteiger partial charge in [-0.15, -0.1) is 5.10 Å². The topological polar surface area (TPSA) is 127 Å². The number of likely N-dealkylation sites (N-methyl/N-ethyl adjacent to an activating group) is 1. The second-order valence-corrected chi connectivity index (χ2v) is 7.61. The number of hydrogen-bond donors (Lipinski definition) is 3. The van der Waals surface area contributed by atoms with Gasteiger partial charge in [0, 0.05) is 37.7 Å². The van der Waals surface area contributed by atoms with Crippen LogP contribution in [0.4, 0.5) is 0 Å². The Labute approximate surface area is 168 Å². The zero-order valence-electron chi connectivity index (χ0n) is 18.0. The fraction of sp³-hybridized carbons (Fsp3) is 0.550. The number of allylic oxidation sites excluding steroid dienone is 3. The summed E-state index contributed by atoms with van der Waals surface area (Å²) in [6.45, 7) is 9.24. The van der Waals surface area contributed by atoms with Gasteiger partial charge in [-0.3, -0.25) is 4.99 Å². The van der Waals surface area contributed by atoms with Crippen LogP contribution in [0.15, 0.2) is 33.5 Å². The monoisotopic (exact) mass is 386 g/mol. The van der Waals surface area contributed by atoms with Crippen LogP contribution in [0.1, 0.15) is 52.1 Å². The number of nitrogens with zero attached hydrogens (tertiary/aromatic N) is 5. The molecular weight excluding hydrogens is 352 g/mol. The summed E-state index contributed by atoms with van der Waals surface area (Å²) in [6.07, 6.45) is 6.87. The van der Waals surface area contributed by atoms with Crippen molar-refractivity contribution in [3.8, 4) is 0 Å². The van der Waals surface area contributed by atoms with Crippen LogP contribution in [0.2, 0.25) is 0 Å². The van der Waals surface area contributed by atoms with Crippen molar-refractivity contribution in [2.24, 2.45) is 26.9 Å². The first kappa shape index (κ1) is 23.4. The number of rotatable bonds is 8. The van der Waals surface area contributed by atoms with Crippen molar-refractivity contribution in [2.45, 2.75) is 47.0 Å². The molecule has 8 nitrogen and oxygen atoms in total. The summed E-state index contributed by atoms with van der Waals surface area (Å²) in [5.74, 6) is 1.33. The minimum atomic E-state index is -0.198. The fourth-order valence-corrected chi connectivity index (χ4v) is 2.89. The molecule has 0 amide bonds. The van der Waals surface area contributed by atoms with Crippen LogP contribution in [0.5, 0.6) is 0 Å². The van der Waals surface area contributed by atoms with Gasteiger partial charge in [-0.25, -0.2) is 9.98 Å². The molecule has 0 fully saturated rings. The van der Waals surface area contributed by atoms with E-state index in [-0.39, 0.29) is 5.41 Å². The highest BCUT2D eigenvalue weighted by molar-refractivity contribution is 5.89. The summed E-state index contributed by atoms with van der Waals surface area (Å²) >= 11 is 0. The maximum Gasteiger partial charge on any atom is 0.155 e. The summed E-state index contributed by atoms with van der Waals surface area (Å²) in [7, 11) is 3.61. The van der Waals surface area contributed by atoms with Crippen molar-refractivity contribution in [1.29, 1.82) is 0 Å². The van der Waals surface area contributed by atoms with Crippen LogP contribution in [0.3, 0.4) is 0 Å². The highest BCUT2D eigenvalue weighted by Crippen LogP contribution is 2.35. The third-order valence-corrected chi connectivity index (χ3v) is 4.12. The molecule has 0 aliphatic rings. The number of aliphatic imine (C=N–C) groups is 2. The van der Waals surface area contributed by atoms with Gasteiger partial charge in [-0.05, 0) is 25.8 Å². The predicted octanol–water partition coefficient (Wildman–Crippen LogP) is 2.09. The molecule has 0 spiro atoms. The van der Waals surface area contributed by atoms with Gasteiger partial charge in [0.1, 0.15) is 5.84 Å². The van der Waals surface area contributed by atoms with Gasteiger partial charge in [-0.2, -0.15) is 5.10 Å². The molecule has 5 N–H and O–H groups in total. The molecule has 154 valence electrons. The van der Waals surface area contributed by atoms with E-state index in [0.29, 0.717) is 30.9 Å². The second kappa shape index (κ2) is 11.3. The molecule has 0 aliphatic heterocycles. The summed E-state index contributed by atoms with van der Waals surface area (Å²) in [4.78, 5) is 12.9. The first-order valence-corrected chi connectivity index (χ1v) is 9.41. The van der Waals surface area contributed by atoms with Gasteiger partial charge >= 0.3 is 0 Å². The van der Waals surface area contributed by atoms with E-state index in [4.69, 9.17) is 16.5 Å². The molecule has 0 aliphatic carbocycles. The molecule has 0 bridgehead atoms. The van der Waals surface area contributed by atoms with Gasteiger partial charge in [0.25, 0.3) is 0 Å². The Bertz CT molecular complexity index is 754. The maximum absolute atomic E-state index is 6.48. The minimum Gasteiger partial charge on any atom is -0.402 e. The highest BCUT2D eigenvalue weighted by atomic mass is 15.1. The molecule has 0 aromatic carbocycles. The van der Waals surface area contributed by atoms with Crippen molar-refractivity contribution < 1.29 is 0 Å². The SMILES string of the molecule is CN=C(CC/C(N)=C(/c1cnnc(C/C=C(/C)CNC)n1)C(C)(C)C)N=CN. The van der Waals surface area contributed by atoms with Gasteiger partial charge in [0.15, 0.2) is 5.82 Å². The van der Waals surface area contributed by atoms with Crippen molar-refractivity contribution in [1.82, 2.24) is 20.5 Å². The molecule has 1 rings (SSSR count). The van der Waals surface area contributed by atoms with Crippen molar-refractivity contribution >= 4 is 17.7 Å². The fourth-order valence-electron chi connectivity index (χ4n) is 2.89. The highest BCUT2D eigenvalue weighted by Gasteiger charge is 2.24. The molecule has 28 heavy (non-hydrogen) atoms. The molecule has 0 saturated heterocycles. The molecule has 0 saturated carbocycles. The smallest absolute Gasteiger partial charge is 0.155 e. The molecule has 1 heterocycles. The predicted molar refractivity (Wildman–Crippen MR) is 117 cm³/mol. The lowest BCUT2D eigenvalue weighted by atomic mass is 9.82. The van der Waals surface area contributed by atoms with E-state index in [1.54, 1.807) is 13.2 Å². The third kappa shape index (κ3) is 7.56. The lowest BCUT2D eigenvalue weighted by Crippen LogP contribution is -2.18. The number of hydrogen-bond acceptors (Lipinski definition) is 6. The summed E-state index contributed by atoms with van der Waals surface area (Å²) < 4.78 is 0. The Morgan fingerprint density at radius 2 is 2.00 bits per heavy atom. The first-order valence-electron chi connectivity index (χ1n) is 9.41. The maximum atomic E-state index is 6.48. The summed E-state index contributed by atoms with van der Waals surface area (Å²) in [5, 5.41) is 11.4. The number of nitrogens with two attached hydrogens (primary N) is 2. The van der Waals surface area contributed by atoms with Crippen molar-refractivity contribution in [3.63, 3.8) is 0 Å². The van der Waals surface area contributed by atoms with E-state index < -0.39 is 0 Å². The standard InChI is InChI=1S/C20H34N8/c1-14(11-23-5)7-9-18-27-16(12-26-28-18)19(20(2,3)4)15(22)8-10-17(24-6)25-13-21/h7,12-13,23H,8-11,22H2,1-6H3,(H2,21,24,25)/b14-7-,19-15+. The lowest BCUT2D eigenvalue weighted by molar-refractivity contribution is 0.556.